The Balaban J connectivity index is 0.000000183. The average Bonchev–Trinajstić information content (AvgIpc) is 3.32. The van der Waals surface area contributed by atoms with Crippen LogP contribution in [0.25, 0.3) is 0 Å². The van der Waals surface area contributed by atoms with E-state index in [4.69, 9.17) is 19.2 Å². The van der Waals surface area contributed by atoms with E-state index < -0.39 is 13.8 Å². The molecule has 162 valence electrons. The summed E-state index contributed by atoms with van der Waals surface area (Å²) in [7, 11) is 3.43. The normalized spacial score (nSPS) is 22.5. The Bertz CT molecular complexity index is 1020. The van der Waals surface area contributed by atoms with Gasteiger partial charge in [-0.15, -0.1) is 0 Å². The number of carbonyl (C=O) groups is 1. The zero-order valence-corrected chi connectivity index (χ0v) is 17.2. The van der Waals surface area contributed by atoms with Gasteiger partial charge in [-0.05, 0) is 22.7 Å². The lowest BCUT2D eigenvalue weighted by Crippen LogP contribution is -2.74. The summed E-state index contributed by atoms with van der Waals surface area (Å²) >= 11 is 0. The van der Waals surface area contributed by atoms with Crippen molar-refractivity contribution in [2.45, 2.75) is 27.1 Å². The lowest BCUT2D eigenvalue weighted by Gasteiger charge is -2.55. The van der Waals surface area contributed by atoms with Gasteiger partial charge in [-0.3, -0.25) is 4.79 Å². The molecule has 3 aliphatic rings. The Morgan fingerprint density at radius 1 is 1.16 bits per heavy atom. The van der Waals surface area contributed by atoms with Crippen LogP contribution in [0.5, 0.6) is 0 Å². The lowest BCUT2D eigenvalue weighted by molar-refractivity contribution is -0.812. The minimum absolute atomic E-state index is 0. The predicted molar refractivity (Wildman–Crippen MR) is 120 cm³/mol. The third-order valence-electron chi connectivity index (χ3n) is 6.24. The summed E-state index contributed by atoms with van der Waals surface area (Å²) in [4.78, 5) is 10.4. The van der Waals surface area contributed by atoms with Crippen molar-refractivity contribution in [2.75, 3.05) is 27.2 Å². The van der Waals surface area contributed by atoms with Crippen LogP contribution >= 0.6 is 0 Å². The summed E-state index contributed by atoms with van der Waals surface area (Å²) in [6, 6.07) is 13.1. The fourth-order valence-corrected chi connectivity index (χ4v) is 4.54. The SMILES string of the molecule is C.C[N+]1(C)CCCO[B-]12OCc1ccc(C#N)cc12.O=Cc1ccc2c(c1)B(O)OC2. The van der Waals surface area contributed by atoms with E-state index in [1.54, 1.807) is 18.2 Å². The quantitative estimate of drug-likeness (QED) is 0.547. The summed E-state index contributed by atoms with van der Waals surface area (Å²) in [6.45, 7) is 1.29. The molecule has 2 aromatic rings. The monoisotopic (exact) mass is 422 g/mol. The van der Waals surface area contributed by atoms with Crippen molar-refractivity contribution in [3.8, 4) is 6.07 Å². The summed E-state index contributed by atoms with van der Waals surface area (Å²) < 4.78 is 17.8. The van der Waals surface area contributed by atoms with Crippen molar-refractivity contribution in [1.82, 2.24) is 0 Å². The van der Waals surface area contributed by atoms with E-state index in [9.17, 15) is 9.82 Å². The smallest absolute Gasteiger partial charge is 0.502 e. The number of nitrogens with zero attached hydrogens (tertiary/aromatic N) is 2. The van der Waals surface area contributed by atoms with Gasteiger partial charge in [0.05, 0.1) is 12.7 Å². The van der Waals surface area contributed by atoms with Gasteiger partial charge in [0.1, 0.15) is 6.29 Å². The van der Waals surface area contributed by atoms with Crippen LogP contribution in [0, 0.1) is 11.3 Å². The molecule has 31 heavy (non-hydrogen) atoms. The van der Waals surface area contributed by atoms with Crippen LogP contribution in [0.3, 0.4) is 0 Å². The standard InChI is InChI=1S/C13H17BN2O2.C8H7BO3.CH4/c1-16(2)6-3-7-17-14(16)13-8-11(9-15)4-5-12(13)10-18-14;10-4-6-1-2-7-5-12-9(11)8(7)3-6;/h4-5,8H,3,6-7,10H2,1-2H3;1-4,11H,5H2;1H4. The fraction of sp³-hybridized carbons (Fsp3) is 0.364. The number of carbonyl (C=O) groups excluding carboxylic acids is 1. The van der Waals surface area contributed by atoms with E-state index in [0.29, 0.717) is 34.2 Å². The molecule has 1 atom stereocenters. The molecule has 3 heterocycles. The van der Waals surface area contributed by atoms with Crippen molar-refractivity contribution in [3.63, 3.8) is 0 Å². The number of nitriles is 1. The highest BCUT2D eigenvalue weighted by Gasteiger charge is 2.53. The summed E-state index contributed by atoms with van der Waals surface area (Å²) in [5.74, 6) is 0. The molecule has 1 fully saturated rings. The molecule has 1 N–H and O–H groups in total. The van der Waals surface area contributed by atoms with Gasteiger partial charge < -0.3 is 23.4 Å². The maximum absolute atomic E-state index is 10.4. The number of hydrogen-bond donors (Lipinski definition) is 1. The van der Waals surface area contributed by atoms with Crippen LogP contribution in [0.15, 0.2) is 36.4 Å². The zero-order chi connectivity index (χ0) is 21.4. The summed E-state index contributed by atoms with van der Waals surface area (Å²) in [5, 5.41) is 18.3. The van der Waals surface area contributed by atoms with Crippen LogP contribution in [-0.2, 0) is 27.2 Å². The highest BCUT2D eigenvalue weighted by atomic mass is 16.6. The highest BCUT2D eigenvalue weighted by Crippen LogP contribution is 2.31. The van der Waals surface area contributed by atoms with Gasteiger partial charge in [0.2, 0.25) is 0 Å². The molecule has 7 nitrogen and oxygen atoms in total. The molecule has 0 bridgehead atoms. The minimum atomic E-state index is -1.49. The van der Waals surface area contributed by atoms with E-state index in [1.165, 1.54) is 0 Å². The molecular weight excluding hydrogens is 394 g/mol. The molecule has 5 rings (SSSR count). The Hall–Kier alpha value is -2.47. The van der Waals surface area contributed by atoms with Gasteiger partial charge in [-0.2, -0.15) is 5.26 Å². The average molecular weight is 422 g/mol. The van der Waals surface area contributed by atoms with Gasteiger partial charge in [0.15, 0.2) is 0 Å². The Morgan fingerprint density at radius 3 is 2.65 bits per heavy atom. The third kappa shape index (κ3) is 4.05. The van der Waals surface area contributed by atoms with Crippen molar-refractivity contribution in [3.05, 3.63) is 58.7 Å². The second kappa shape index (κ2) is 8.95. The lowest BCUT2D eigenvalue weighted by atomic mass is 9.58. The Kier molecular flexibility index (Phi) is 6.70. The zero-order valence-electron chi connectivity index (χ0n) is 17.2. The molecule has 0 radical (unpaired) electrons. The molecule has 1 spiro atoms. The van der Waals surface area contributed by atoms with Crippen molar-refractivity contribution in [2.24, 2.45) is 0 Å². The molecule has 9 heteroatoms. The second-order valence-electron chi connectivity index (χ2n) is 8.47. The Labute approximate surface area is 183 Å². The molecule has 0 aromatic heterocycles. The van der Waals surface area contributed by atoms with E-state index in [1.807, 2.05) is 18.2 Å². The topological polar surface area (TPSA) is 88.8 Å². The van der Waals surface area contributed by atoms with Crippen LogP contribution in [0.1, 0.15) is 40.9 Å². The van der Waals surface area contributed by atoms with Crippen molar-refractivity contribution in [1.29, 1.82) is 5.26 Å². The Morgan fingerprint density at radius 2 is 1.94 bits per heavy atom. The molecule has 2 aromatic carbocycles. The van der Waals surface area contributed by atoms with Gasteiger partial charge in [0.25, 0.3) is 0 Å². The minimum Gasteiger partial charge on any atom is -0.509 e. The number of quaternary nitrogens is 1. The number of aldehydes is 1. The van der Waals surface area contributed by atoms with E-state index in [0.717, 1.165) is 42.4 Å². The number of hydrogen-bond acceptors (Lipinski definition) is 6. The first kappa shape index (κ1) is 23.2. The van der Waals surface area contributed by atoms with E-state index in [-0.39, 0.29) is 7.43 Å². The van der Waals surface area contributed by atoms with Gasteiger partial charge in [-0.25, -0.2) is 0 Å². The van der Waals surface area contributed by atoms with Crippen LogP contribution in [-0.4, -0.2) is 56.8 Å². The largest absolute Gasteiger partial charge is 0.509 e. The van der Waals surface area contributed by atoms with Crippen LogP contribution in [0.4, 0.5) is 0 Å². The molecule has 1 saturated heterocycles. The maximum atomic E-state index is 10.4. The second-order valence-corrected chi connectivity index (χ2v) is 8.47. The molecule has 0 amide bonds. The summed E-state index contributed by atoms with van der Waals surface area (Å²) in [5.41, 5.74) is 5.14. The third-order valence-corrected chi connectivity index (χ3v) is 6.24. The van der Waals surface area contributed by atoms with E-state index in [2.05, 4.69) is 20.2 Å². The van der Waals surface area contributed by atoms with Gasteiger partial charge in [0, 0.05) is 51.4 Å². The molecular formula is C22H28B2N2O5. The number of fused-ring (bicyclic) bond motifs is 3. The summed E-state index contributed by atoms with van der Waals surface area (Å²) in [6.07, 6.45) is 1.80. The van der Waals surface area contributed by atoms with Gasteiger partial charge >= 0.3 is 13.8 Å². The van der Waals surface area contributed by atoms with Gasteiger partial charge in [-0.1, -0.05) is 43.2 Å². The fourth-order valence-electron chi connectivity index (χ4n) is 4.54. The molecule has 0 aliphatic carbocycles. The van der Waals surface area contributed by atoms with E-state index >= 15 is 0 Å². The van der Waals surface area contributed by atoms with Crippen molar-refractivity contribution >= 4 is 31.0 Å². The highest BCUT2D eigenvalue weighted by molar-refractivity contribution is 6.76. The molecule has 0 saturated carbocycles. The predicted octanol–water partition coefficient (Wildman–Crippen LogP) is 1.08. The number of rotatable bonds is 1. The van der Waals surface area contributed by atoms with Crippen molar-refractivity contribution < 1.29 is 28.2 Å². The first-order valence-corrected chi connectivity index (χ1v) is 10.1. The molecule has 1 unspecified atom stereocenters. The van der Waals surface area contributed by atoms with Crippen LogP contribution < -0.4 is 10.9 Å². The number of benzene rings is 2. The first-order chi connectivity index (χ1) is 14.4. The first-order valence-electron chi connectivity index (χ1n) is 10.1. The van der Waals surface area contributed by atoms with Crippen LogP contribution in [0.2, 0.25) is 0 Å². The maximum Gasteiger partial charge on any atom is 0.502 e. The molecule has 3 aliphatic heterocycles.